The van der Waals surface area contributed by atoms with Gasteiger partial charge < -0.3 is 5.32 Å². The Bertz CT molecular complexity index is 1440. The van der Waals surface area contributed by atoms with Crippen molar-refractivity contribution in [1.29, 1.82) is 0 Å². The van der Waals surface area contributed by atoms with Crippen molar-refractivity contribution in [2.45, 2.75) is 6.92 Å². The fourth-order valence-corrected chi connectivity index (χ4v) is 3.50. The second kappa shape index (κ2) is 8.49. The van der Waals surface area contributed by atoms with Gasteiger partial charge in [0, 0.05) is 12.6 Å². The molecular formula is C22H17Cl2N5O3. The Labute approximate surface area is 192 Å². The van der Waals surface area contributed by atoms with Gasteiger partial charge in [-0.15, -0.1) is 0 Å². The number of nitrogens with zero attached hydrogens (tertiary/aromatic N) is 4. The first-order valence-corrected chi connectivity index (χ1v) is 10.2. The molecule has 0 radical (unpaired) electrons. The van der Waals surface area contributed by atoms with Crippen molar-refractivity contribution in [3.63, 3.8) is 0 Å². The van der Waals surface area contributed by atoms with E-state index < -0.39 is 11.5 Å². The molecule has 2 heterocycles. The molecule has 0 saturated carbocycles. The van der Waals surface area contributed by atoms with Crippen molar-refractivity contribution in [2.75, 3.05) is 5.32 Å². The van der Waals surface area contributed by atoms with Crippen LogP contribution in [0.1, 0.15) is 16.1 Å². The molecule has 0 aliphatic carbocycles. The zero-order chi connectivity index (χ0) is 23.0. The monoisotopic (exact) mass is 469 g/mol. The van der Waals surface area contributed by atoms with E-state index in [4.69, 9.17) is 23.2 Å². The highest BCUT2D eigenvalue weighted by atomic mass is 35.5. The van der Waals surface area contributed by atoms with Crippen molar-refractivity contribution in [3.8, 4) is 11.4 Å². The van der Waals surface area contributed by atoms with E-state index in [1.54, 1.807) is 30.8 Å². The molecule has 0 aliphatic rings. The number of amides is 1. The Morgan fingerprint density at radius 1 is 0.938 bits per heavy atom. The average Bonchev–Trinajstić information content (AvgIpc) is 3.01. The summed E-state index contributed by atoms with van der Waals surface area (Å²) in [6, 6.07) is 15.3. The Morgan fingerprint density at radius 3 is 2.25 bits per heavy atom. The average molecular weight is 470 g/mol. The standard InChI is InChI=1S/C22H17Cl2N5O3/c1-13-19(22(32)29(27(13)2)16-6-4-3-5-7-16)26-20(30)14-8-10-15(11-9-14)28-21(31)18(24)17(23)12-25-28/h3-12H,1-2H3,(H,26,30). The second-order valence-corrected chi connectivity index (χ2v) is 7.75. The molecule has 0 atom stereocenters. The van der Waals surface area contributed by atoms with Crippen LogP contribution in [0.2, 0.25) is 10.0 Å². The van der Waals surface area contributed by atoms with Crippen molar-refractivity contribution in [2.24, 2.45) is 7.05 Å². The molecular weight excluding hydrogens is 453 g/mol. The number of hydrogen-bond donors (Lipinski definition) is 1. The van der Waals surface area contributed by atoms with Crippen molar-refractivity contribution < 1.29 is 4.79 Å². The van der Waals surface area contributed by atoms with Crippen LogP contribution in [0.3, 0.4) is 0 Å². The number of para-hydroxylation sites is 1. The highest BCUT2D eigenvalue weighted by Gasteiger charge is 2.19. The molecule has 10 heteroatoms. The van der Waals surface area contributed by atoms with Crippen LogP contribution < -0.4 is 16.4 Å². The zero-order valence-corrected chi connectivity index (χ0v) is 18.6. The molecule has 8 nitrogen and oxygen atoms in total. The lowest BCUT2D eigenvalue weighted by Crippen LogP contribution is -2.23. The first-order chi connectivity index (χ1) is 15.3. The quantitative estimate of drug-likeness (QED) is 0.494. The minimum atomic E-state index is -0.572. The van der Waals surface area contributed by atoms with Crippen LogP contribution in [-0.4, -0.2) is 25.1 Å². The maximum atomic E-state index is 13.0. The Hall–Kier alpha value is -3.62. The molecule has 0 spiro atoms. The van der Waals surface area contributed by atoms with Gasteiger partial charge in [0.05, 0.1) is 28.3 Å². The van der Waals surface area contributed by atoms with E-state index in [0.717, 1.165) is 4.68 Å². The number of nitrogens with one attached hydrogen (secondary N) is 1. The van der Waals surface area contributed by atoms with Gasteiger partial charge in [0.2, 0.25) is 0 Å². The lowest BCUT2D eigenvalue weighted by Gasteiger charge is -2.08. The number of benzene rings is 2. The Morgan fingerprint density at radius 2 is 1.59 bits per heavy atom. The normalized spacial score (nSPS) is 10.9. The number of hydrogen-bond acceptors (Lipinski definition) is 4. The summed E-state index contributed by atoms with van der Waals surface area (Å²) in [5, 5.41) is 6.57. The summed E-state index contributed by atoms with van der Waals surface area (Å²) in [5.41, 5.74) is 1.28. The number of aromatic nitrogens is 4. The summed E-state index contributed by atoms with van der Waals surface area (Å²) < 4.78 is 4.24. The highest BCUT2D eigenvalue weighted by Crippen LogP contribution is 2.18. The van der Waals surface area contributed by atoms with Crippen LogP contribution in [0.5, 0.6) is 0 Å². The van der Waals surface area contributed by atoms with E-state index in [0.29, 0.717) is 22.6 Å². The van der Waals surface area contributed by atoms with E-state index >= 15 is 0 Å². The summed E-state index contributed by atoms with van der Waals surface area (Å²) >= 11 is 11.7. The van der Waals surface area contributed by atoms with Gasteiger partial charge in [-0.2, -0.15) is 9.78 Å². The van der Waals surface area contributed by atoms with Crippen LogP contribution in [-0.2, 0) is 7.05 Å². The van der Waals surface area contributed by atoms with Crippen LogP contribution in [0.4, 0.5) is 5.69 Å². The summed E-state index contributed by atoms with van der Waals surface area (Å²) in [6.45, 7) is 1.75. The Kier molecular flexibility index (Phi) is 5.73. The molecule has 0 saturated heterocycles. The molecule has 4 aromatic rings. The fourth-order valence-electron chi connectivity index (χ4n) is 3.25. The first-order valence-electron chi connectivity index (χ1n) is 9.48. The smallest absolute Gasteiger partial charge is 0.295 e. The lowest BCUT2D eigenvalue weighted by atomic mass is 10.2. The van der Waals surface area contributed by atoms with E-state index in [1.807, 2.05) is 30.3 Å². The molecule has 4 rings (SSSR count). The number of anilines is 1. The minimum absolute atomic E-state index is 0.0586. The second-order valence-electron chi connectivity index (χ2n) is 6.96. The third kappa shape index (κ3) is 3.74. The van der Waals surface area contributed by atoms with Crippen LogP contribution in [0.25, 0.3) is 11.4 Å². The third-order valence-corrected chi connectivity index (χ3v) is 5.79. The van der Waals surface area contributed by atoms with Gasteiger partial charge in [-0.3, -0.25) is 19.1 Å². The molecule has 0 bridgehead atoms. The summed E-state index contributed by atoms with van der Waals surface area (Å²) in [5.74, 6) is -0.461. The summed E-state index contributed by atoms with van der Waals surface area (Å²) in [4.78, 5) is 38.0. The van der Waals surface area contributed by atoms with Crippen LogP contribution in [0, 0.1) is 6.92 Å². The molecule has 0 aliphatic heterocycles. The molecule has 2 aromatic heterocycles. The van der Waals surface area contributed by atoms with Gasteiger partial charge in [0.15, 0.2) is 0 Å². The third-order valence-electron chi connectivity index (χ3n) is 5.04. The summed E-state index contributed by atoms with van der Waals surface area (Å²) in [6.07, 6.45) is 1.27. The Balaban J connectivity index is 1.63. The molecule has 32 heavy (non-hydrogen) atoms. The van der Waals surface area contributed by atoms with Gasteiger partial charge >= 0.3 is 0 Å². The van der Waals surface area contributed by atoms with Crippen molar-refractivity contribution in [1.82, 2.24) is 19.1 Å². The summed E-state index contributed by atoms with van der Waals surface area (Å²) in [7, 11) is 1.75. The van der Waals surface area contributed by atoms with Gasteiger partial charge in [-0.05, 0) is 43.3 Å². The number of halogens is 2. The molecule has 1 N–H and O–H groups in total. The van der Waals surface area contributed by atoms with Gasteiger partial charge in [0.1, 0.15) is 10.7 Å². The molecule has 162 valence electrons. The van der Waals surface area contributed by atoms with E-state index in [9.17, 15) is 14.4 Å². The number of carbonyl (C=O) groups is 1. The SMILES string of the molecule is Cc1c(NC(=O)c2ccc(-n3ncc(Cl)c(Cl)c3=O)cc2)c(=O)n(-c2ccccc2)n1C. The van der Waals surface area contributed by atoms with Crippen LogP contribution >= 0.6 is 23.2 Å². The first kappa shape index (κ1) is 21.6. The van der Waals surface area contributed by atoms with Crippen molar-refractivity contribution in [3.05, 3.63) is 103 Å². The molecule has 0 unspecified atom stereocenters. The molecule has 0 fully saturated rings. The minimum Gasteiger partial charge on any atom is -0.316 e. The predicted molar refractivity (Wildman–Crippen MR) is 124 cm³/mol. The van der Waals surface area contributed by atoms with Crippen LogP contribution in [0.15, 0.2) is 70.4 Å². The number of rotatable bonds is 4. The zero-order valence-electron chi connectivity index (χ0n) is 17.0. The fraction of sp³-hybridized carbons (Fsp3) is 0.0909. The van der Waals surface area contributed by atoms with Crippen molar-refractivity contribution >= 4 is 34.8 Å². The predicted octanol–water partition coefficient (Wildman–Crippen LogP) is 3.59. The highest BCUT2D eigenvalue weighted by molar-refractivity contribution is 6.41. The maximum absolute atomic E-state index is 13.0. The van der Waals surface area contributed by atoms with E-state index in [2.05, 4.69) is 10.4 Å². The molecule has 1 amide bonds. The molecule has 2 aromatic carbocycles. The number of carbonyl (C=O) groups excluding carboxylic acids is 1. The largest absolute Gasteiger partial charge is 0.316 e. The van der Waals surface area contributed by atoms with E-state index in [-0.39, 0.29) is 21.3 Å². The van der Waals surface area contributed by atoms with Gasteiger partial charge in [-0.25, -0.2) is 4.68 Å². The lowest BCUT2D eigenvalue weighted by molar-refractivity contribution is 0.102. The topological polar surface area (TPSA) is 90.9 Å². The van der Waals surface area contributed by atoms with Gasteiger partial charge in [0.25, 0.3) is 17.0 Å². The maximum Gasteiger partial charge on any atom is 0.295 e. The van der Waals surface area contributed by atoms with E-state index in [1.165, 1.54) is 23.0 Å². The van der Waals surface area contributed by atoms with Gasteiger partial charge in [-0.1, -0.05) is 41.4 Å².